The molecule has 1 saturated heterocycles. The standard InChI is InChI=1S/C18H18ClN5O3S/c1-23(28(25)26)16-9-13(10-20-17(16)19)12-2-3-15-14(8-12)18(22-11-21-15)24-4-6-27-7-5-24/h2-3,8-11H,4-7H2,1H3,(H,25,26)/p-1. The lowest BCUT2D eigenvalue weighted by Gasteiger charge is -2.28. The Morgan fingerprint density at radius 3 is 2.71 bits per heavy atom. The van der Waals surface area contributed by atoms with E-state index in [-0.39, 0.29) is 5.15 Å². The first-order chi connectivity index (χ1) is 13.5. The van der Waals surface area contributed by atoms with Crippen molar-refractivity contribution < 1.29 is 13.5 Å². The molecule has 0 amide bonds. The fourth-order valence-corrected chi connectivity index (χ4v) is 3.73. The topological polar surface area (TPSA) is 94.5 Å². The monoisotopic (exact) mass is 418 g/mol. The zero-order chi connectivity index (χ0) is 19.7. The normalized spacial score (nSPS) is 15.6. The van der Waals surface area contributed by atoms with Crippen LogP contribution in [0.3, 0.4) is 0 Å². The van der Waals surface area contributed by atoms with E-state index in [1.165, 1.54) is 7.05 Å². The fraction of sp³-hybridized carbons (Fsp3) is 0.278. The fourth-order valence-electron chi connectivity index (χ4n) is 3.15. The molecule has 0 saturated carbocycles. The molecule has 10 heteroatoms. The van der Waals surface area contributed by atoms with E-state index in [9.17, 15) is 8.76 Å². The second-order valence-electron chi connectivity index (χ2n) is 6.28. The second kappa shape index (κ2) is 7.96. The summed E-state index contributed by atoms with van der Waals surface area (Å²) >= 11 is 3.63. The van der Waals surface area contributed by atoms with Crippen LogP contribution in [0.15, 0.2) is 36.8 Å². The molecule has 2 aromatic heterocycles. The zero-order valence-electron chi connectivity index (χ0n) is 15.0. The SMILES string of the molecule is CN(c1cc(-c2ccc3ncnc(N4CCOCC4)c3c2)cnc1Cl)S(=O)[O-]. The van der Waals surface area contributed by atoms with Crippen molar-refractivity contribution in [3.8, 4) is 11.1 Å². The predicted molar refractivity (Wildman–Crippen MR) is 108 cm³/mol. The van der Waals surface area contributed by atoms with Crippen molar-refractivity contribution in [1.29, 1.82) is 0 Å². The Bertz CT molecular complexity index is 1040. The number of anilines is 2. The van der Waals surface area contributed by atoms with Crippen LogP contribution in [0.5, 0.6) is 0 Å². The van der Waals surface area contributed by atoms with Gasteiger partial charge in [0.1, 0.15) is 12.1 Å². The molecule has 146 valence electrons. The van der Waals surface area contributed by atoms with Crippen molar-refractivity contribution in [2.45, 2.75) is 0 Å². The third kappa shape index (κ3) is 3.66. The Morgan fingerprint density at radius 1 is 1.18 bits per heavy atom. The second-order valence-corrected chi connectivity index (χ2v) is 7.62. The number of ether oxygens (including phenoxy) is 1. The van der Waals surface area contributed by atoms with Crippen molar-refractivity contribution in [2.24, 2.45) is 0 Å². The first kappa shape index (κ1) is 19.0. The van der Waals surface area contributed by atoms with Crippen LogP contribution in [0.2, 0.25) is 5.15 Å². The van der Waals surface area contributed by atoms with Gasteiger partial charge < -0.3 is 18.5 Å². The molecule has 1 atom stereocenters. The Hall–Kier alpha value is -2.33. The molecule has 3 heterocycles. The Balaban J connectivity index is 1.79. The van der Waals surface area contributed by atoms with Crippen molar-refractivity contribution in [3.05, 3.63) is 41.9 Å². The molecule has 1 aromatic carbocycles. The van der Waals surface area contributed by atoms with Crippen LogP contribution in [0.25, 0.3) is 22.0 Å². The first-order valence-electron chi connectivity index (χ1n) is 8.61. The molecule has 28 heavy (non-hydrogen) atoms. The Kier molecular flexibility index (Phi) is 5.40. The summed E-state index contributed by atoms with van der Waals surface area (Å²) in [4.78, 5) is 15.2. The van der Waals surface area contributed by atoms with Gasteiger partial charge in [-0.1, -0.05) is 17.7 Å². The van der Waals surface area contributed by atoms with Crippen molar-refractivity contribution in [1.82, 2.24) is 15.0 Å². The molecule has 1 aliphatic heterocycles. The van der Waals surface area contributed by atoms with Gasteiger partial charge in [-0.3, -0.25) is 4.21 Å². The van der Waals surface area contributed by atoms with Gasteiger partial charge in [0.2, 0.25) is 0 Å². The van der Waals surface area contributed by atoms with Crippen LogP contribution < -0.4 is 9.21 Å². The maximum absolute atomic E-state index is 11.3. The van der Waals surface area contributed by atoms with E-state index in [0.29, 0.717) is 18.9 Å². The van der Waals surface area contributed by atoms with Crippen LogP contribution in [-0.4, -0.2) is 57.1 Å². The average molecular weight is 419 g/mol. The Labute approximate surface area is 169 Å². The van der Waals surface area contributed by atoms with Gasteiger partial charge in [-0.15, -0.1) is 0 Å². The van der Waals surface area contributed by atoms with Crippen LogP contribution in [0, 0.1) is 0 Å². The molecule has 0 aliphatic carbocycles. The molecule has 3 aromatic rings. The summed E-state index contributed by atoms with van der Waals surface area (Å²) < 4.78 is 29.1. The lowest BCUT2D eigenvalue weighted by Crippen LogP contribution is -2.36. The summed E-state index contributed by atoms with van der Waals surface area (Å²) in [6, 6.07) is 7.52. The third-order valence-corrected chi connectivity index (χ3v) is 5.58. The van der Waals surface area contributed by atoms with E-state index in [4.69, 9.17) is 16.3 Å². The van der Waals surface area contributed by atoms with Crippen LogP contribution in [0.4, 0.5) is 11.5 Å². The summed E-state index contributed by atoms with van der Waals surface area (Å²) in [5.41, 5.74) is 2.76. The highest BCUT2D eigenvalue weighted by Crippen LogP contribution is 2.32. The van der Waals surface area contributed by atoms with Gasteiger partial charge in [0, 0.05) is 48.6 Å². The van der Waals surface area contributed by atoms with Crippen molar-refractivity contribution in [3.63, 3.8) is 0 Å². The van der Waals surface area contributed by atoms with E-state index in [2.05, 4.69) is 19.9 Å². The molecule has 1 unspecified atom stereocenters. The highest BCUT2D eigenvalue weighted by Gasteiger charge is 2.17. The van der Waals surface area contributed by atoms with Crippen LogP contribution in [0.1, 0.15) is 0 Å². The maximum atomic E-state index is 11.3. The number of pyridine rings is 1. The van der Waals surface area contributed by atoms with Crippen molar-refractivity contribution in [2.75, 3.05) is 42.6 Å². The largest absolute Gasteiger partial charge is 0.755 e. The lowest BCUT2D eigenvalue weighted by molar-refractivity contribution is 0.122. The predicted octanol–water partition coefficient (Wildman–Crippen LogP) is 2.41. The van der Waals surface area contributed by atoms with E-state index >= 15 is 0 Å². The van der Waals surface area contributed by atoms with E-state index in [0.717, 1.165) is 45.2 Å². The molecule has 0 spiro atoms. The minimum atomic E-state index is -2.45. The maximum Gasteiger partial charge on any atom is 0.153 e. The van der Waals surface area contributed by atoms with Crippen LogP contribution in [-0.2, 0) is 16.0 Å². The number of fused-ring (bicyclic) bond motifs is 1. The summed E-state index contributed by atoms with van der Waals surface area (Å²) in [7, 11) is 1.42. The highest BCUT2D eigenvalue weighted by atomic mass is 35.5. The summed E-state index contributed by atoms with van der Waals surface area (Å²) in [6.07, 6.45) is 3.18. The number of aromatic nitrogens is 3. The quantitative estimate of drug-likeness (QED) is 0.474. The Morgan fingerprint density at radius 2 is 1.96 bits per heavy atom. The third-order valence-electron chi connectivity index (χ3n) is 4.64. The van der Waals surface area contributed by atoms with Gasteiger partial charge in [-0.25, -0.2) is 15.0 Å². The number of benzene rings is 1. The van der Waals surface area contributed by atoms with Crippen LogP contribution >= 0.6 is 11.6 Å². The van der Waals surface area contributed by atoms with Gasteiger partial charge in [0.05, 0.1) is 24.4 Å². The summed E-state index contributed by atoms with van der Waals surface area (Å²) in [6.45, 7) is 2.86. The van der Waals surface area contributed by atoms with Gasteiger partial charge in [-0.2, -0.15) is 0 Å². The number of rotatable bonds is 4. The number of hydrogen-bond donors (Lipinski definition) is 0. The van der Waals surface area contributed by atoms with E-state index in [1.54, 1.807) is 18.6 Å². The minimum Gasteiger partial charge on any atom is -0.755 e. The lowest BCUT2D eigenvalue weighted by atomic mass is 10.0. The summed E-state index contributed by atoms with van der Waals surface area (Å²) in [5.74, 6) is 0.857. The van der Waals surface area contributed by atoms with Gasteiger partial charge in [0.15, 0.2) is 5.15 Å². The van der Waals surface area contributed by atoms with E-state index in [1.807, 2.05) is 18.2 Å². The summed E-state index contributed by atoms with van der Waals surface area (Å²) in [5, 5.41) is 1.03. The molecule has 1 fully saturated rings. The zero-order valence-corrected chi connectivity index (χ0v) is 16.6. The number of nitrogens with zero attached hydrogens (tertiary/aromatic N) is 5. The molecular weight excluding hydrogens is 402 g/mol. The molecular formula is C18H17ClN5O3S-. The first-order valence-corrected chi connectivity index (χ1v) is 10.0. The minimum absolute atomic E-state index is 0.119. The average Bonchev–Trinajstić information content (AvgIpc) is 2.73. The van der Waals surface area contributed by atoms with Gasteiger partial charge in [-0.05, 0) is 23.8 Å². The molecule has 0 bridgehead atoms. The molecule has 4 rings (SSSR count). The molecule has 0 N–H and O–H groups in total. The molecule has 8 nitrogen and oxygen atoms in total. The number of hydrogen-bond acceptors (Lipinski definition) is 7. The number of morpholine rings is 1. The van der Waals surface area contributed by atoms with Crippen molar-refractivity contribution >= 4 is 45.3 Å². The molecule has 0 radical (unpaired) electrons. The smallest absolute Gasteiger partial charge is 0.153 e. The number of halogens is 1. The van der Waals surface area contributed by atoms with Gasteiger partial charge >= 0.3 is 0 Å². The molecule has 1 aliphatic rings. The highest BCUT2D eigenvalue weighted by molar-refractivity contribution is 7.80. The van der Waals surface area contributed by atoms with E-state index < -0.39 is 11.3 Å². The van der Waals surface area contributed by atoms with Gasteiger partial charge in [0.25, 0.3) is 0 Å².